The molecule has 6 heteroatoms. The van der Waals surface area contributed by atoms with Gasteiger partial charge in [-0.15, -0.1) is 5.10 Å². The van der Waals surface area contributed by atoms with Crippen molar-refractivity contribution in [2.24, 2.45) is 11.8 Å². The van der Waals surface area contributed by atoms with Gasteiger partial charge >= 0.3 is 0 Å². The molecule has 2 atom stereocenters. The van der Waals surface area contributed by atoms with Crippen LogP contribution in [0.5, 0.6) is 0 Å². The highest BCUT2D eigenvalue weighted by Crippen LogP contribution is 2.30. The summed E-state index contributed by atoms with van der Waals surface area (Å²) < 4.78 is 1.86. The van der Waals surface area contributed by atoms with Crippen molar-refractivity contribution in [3.05, 3.63) is 11.9 Å². The summed E-state index contributed by atoms with van der Waals surface area (Å²) in [4.78, 5) is 12.2. The van der Waals surface area contributed by atoms with E-state index < -0.39 is 0 Å². The molecule has 1 aromatic rings. The van der Waals surface area contributed by atoms with Crippen LogP contribution in [0.2, 0.25) is 0 Å². The second-order valence-corrected chi connectivity index (χ2v) is 7.25. The lowest BCUT2D eigenvalue weighted by atomic mass is 9.81. The number of carbonyl (C=O) groups is 1. The first kappa shape index (κ1) is 16.4. The highest BCUT2D eigenvalue weighted by molar-refractivity contribution is 5.91. The van der Waals surface area contributed by atoms with Crippen LogP contribution in [0, 0.1) is 11.8 Å². The van der Waals surface area contributed by atoms with Crippen molar-refractivity contribution in [2.45, 2.75) is 57.9 Å². The Labute approximate surface area is 138 Å². The van der Waals surface area contributed by atoms with E-state index in [4.69, 9.17) is 0 Å². The molecule has 23 heavy (non-hydrogen) atoms. The minimum Gasteiger partial charge on any atom is -0.351 e. The average molecular weight is 319 g/mol. The molecule has 6 nitrogen and oxygen atoms in total. The van der Waals surface area contributed by atoms with Crippen molar-refractivity contribution in [1.82, 2.24) is 25.6 Å². The van der Waals surface area contributed by atoms with E-state index in [2.05, 4.69) is 27.9 Å². The molecule has 3 rings (SSSR count). The molecule has 2 heterocycles. The van der Waals surface area contributed by atoms with E-state index in [0.717, 1.165) is 50.7 Å². The van der Waals surface area contributed by atoms with E-state index in [-0.39, 0.29) is 5.91 Å². The Balaban J connectivity index is 1.44. The first-order chi connectivity index (χ1) is 11.2. The van der Waals surface area contributed by atoms with Crippen LogP contribution in [0.3, 0.4) is 0 Å². The van der Waals surface area contributed by atoms with Gasteiger partial charge < -0.3 is 10.6 Å². The number of rotatable bonds is 5. The molecule has 2 fully saturated rings. The Morgan fingerprint density at radius 2 is 2.17 bits per heavy atom. The molecule has 0 radical (unpaired) electrons. The zero-order valence-electron chi connectivity index (χ0n) is 14.1. The Bertz CT molecular complexity index is 509. The molecule has 2 aliphatic rings. The van der Waals surface area contributed by atoms with Gasteiger partial charge in [-0.25, -0.2) is 4.68 Å². The molecule has 1 saturated carbocycles. The van der Waals surface area contributed by atoms with Gasteiger partial charge in [-0.1, -0.05) is 31.4 Å². The Morgan fingerprint density at radius 3 is 2.96 bits per heavy atom. The molecular weight excluding hydrogens is 290 g/mol. The second kappa shape index (κ2) is 7.90. The van der Waals surface area contributed by atoms with E-state index in [9.17, 15) is 4.79 Å². The van der Waals surface area contributed by atoms with E-state index in [1.54, 1.807) is 6.20 Å². The minimum absolute atomic E-state index is 0.0888. The summed E-state index contributed by atoms with van der Waals surface area (Å²) in [6, 6.07) is 0.369. The van der Waals surface area contributed by atoms with Crippen molar-refractivity contribution in [2.75, 3.05) is 19.6 Å². The molecule has 0 bridgehead atoms. The molecule has 1 aromatic heterocycles. The Hall–Kier alpha value is -1.43. The van der Waals surface area contributed by atoms with Crippen LogP contribution in [0.1, 0.15) is 68.4 Å². The summed E-state index contributed by atoms with van der Waals surface area (Å²) >= 11 is 0. The molecule has 0 aromatic carbocycles. The summed E-state index contributed by atoms with van der Waals surface area (Å²) in [5, 5.41) is 14.5. The molecule has 1 amide bonds. The number of nitrogens with zero attached hydrogens (tertiary/aromatic N) is 3. The quantitative estimate of drug-likeness (QED) is 0.872. The average Bonchev–Trinajstić information content (AvgIpc) is 3.06. The van der Waals surface area contributed by atoms with Gasteiger partial charge in [0.25, 0.3) is 5.91 Å². The number of hydrogen-bond donors (Lipinski definition) is 2. The van der Waals surface area contributed by atoms with Crippen LogP contribution in [0.4, 0.5) is 0 Å². The predicted molar refractivity (Wildman–Crippen MR) is 89.2 cm³/mol. The number of carbonyl (C=O) groups excluding carboxylic acids is 1. The van der Waals surface area contributed by atoms with E-state index in [1.807, 2.05) is 4.68 Å². The lowest BCUT2D eigenvalue weighted by Crippen LogP contribution is -2.29. The normalized spacial score (nSPS) is 26.1. The Kier molecular flexibility index (Phi) is 5.65. The number of aromatic nitrogens is 3. The largest absolute Gasteiger partial charge is 0.351 e. The van der Waals surface area contributed by atoms with Crippen molar-refractivity contribution < 1.29 is 4.79 Å². The van der Waals surface area contributed by atoms with E-state index >= 15 is 0 Å². The highest BCUT2D eigenvalue weighted by atomic mass is 16.2. The van der Waals surface area contributed by atoms with Crippen molar-refractivity contribution in [1.29, 1.82) is 0 Å². The lowest BCUT2D eigenvalue weighted by Gasteiger charge is -2.26. The van der Waals surface area contributed by atoms with Crippen LogP contribution in [0.15, 0.2) is 6.20 Å². The molecule has 128 valence electrons. The van der Waals surface area contributed by atoms with Crippen LogP contribution >= 0.6 is 0 Å². The molecular formula is C17H29N5O. The maximum absolute atomic E-state index is 12.2. The maximum Gasteiger partial charge on any atom is 0.273 e. The predicted octanol–water partition coefficient (Wildman–Crippen LogP) is 2.15. The van der Waals surface area contributed by atoms with E-state index in [0.29, 0.717) is 11.7 Å². The topological polar surface area (TPSA) is 71.8 Å². The third-order valence-electron chi connectivity index (χ3n) is 5.31. The first-order valence-corrected chi connectivity index (χ1v) is 9.13. The summed E-state index contributed by atoms with van der Waals surface area (Å²) in [7, 11) is 0. The van der Waals surface area contributed by atoms with Gasteiger partial charge in [0.15, 0.2) is 5.69 Å². The minimum atomic E-state index is -0.0888. The van der Waals surface area contributed by atoms with Crippen LogP contribution in [-0.2, 0) is 0 Å². The first-order valence-electron chi connectivity index (χ1n) is 9.13. The highest BCUT2D eigenvalue weighted by Gasteiger charge is 2.20. The molecule has 1 aliphatic carbocycles. The molecule has 2 N–H and O–H groups in total. The van der Waals surface area contributed by atoms with Gasteiger partial charge in [0.1, 0.15) is 0 Å². The second-order valence-electron chi connectivity index (χ2n) is 7.25. The SMILES string of the molecule is CC1CCCC(CCNC(=O)c2cn(C3CCNCC3)nn2)C1. The third kappa shape index (κ3) is 4.53. The van der Waals surface area contributed by atoms with Crippen LogP contribution in [0.25, 0.3) is 0 Å². The van der Waals surface area contributed by atoms with Gasteiger partial charge in [-0.3, -0.25) is 4.79 Å². The summed E-state index contributed by atoms with van der Waals surface area (Å²) in [6.45, 7) is 5.10. The number of hydrogen-bond acceptors (Lipinski definition) is 4. The molecule has 2 unspecified atom stereocenters. The number of piperidine rings is 1. The zero-order valence-corrected chi connectivity index (χ0v) is 14.1. The standard InChI is InChI=1S/C17H29N5O/c1-13-3-2-4-14(11-13)5-10-19-17(23)16-12-22(21-20-16)15-6-8-18-9-7-15/h12-15,18H,2-11H2,1H3,(H,19,23). The zero-order chi connectivity index (χ0) is 16.1. The van der Waals surface area contributed by atoms with Gasteiger partial charge in [0.2, 0.25) is 0 Å². The summed E-state index contributed by atoms with van der Waals surface area (Å²) in [6.07, 6.45) is 10.3. The smallest absolute Gasteiger partial charge is 0.273 e. The van der Waals surface area contributed by atoms with Crippen molar-refractivity contribution >= 4 is 5.91 Å². The summed E-state index contributed by atoms with van der Waals surface area (Å²) in [5.74, 6) is 1.52. The fourth-order valence-electron chi connectivity index (χ4n) is 3.93. The number of amides is 1. The molecule has 1 aliphatic heterocycles. The fraction of sp³-hybridized carbons (Fsp3) is 0.824. The lowest BCUT2D eigenvalue weighted by molar-refractivity contribution is 0.0944. The molecule has 1 saturated heterocycles. The van der Waals surface area contributed by atoms with Gasteiger partial charge in [0, 0.05) is 6.54 Å². The van der Waals surface area contributed by atoms with Gasteiger partial charge in [-0.05, 0) is 50.6 Å². The Morgan fingerprint density at radius 1 is 1.35 bits per heavy atom. The van der Waals surface area contributed by atoms with Crippen molar-refractivity contribution in [3.8, 4) is 0 Å². The van der Waals surface area contributed by atoms with Crippen molar-refractivity contribution in [3.63, 3.8) is 0 Å². The monoisotopic (exact) mass is 319 g/mol. The van der Waals surface area contributed by atoms with Crippen LogP contribution in [-0.4, -0.2) is 40.5 Å². The van der Waals surface area contributed by atoms with Gasteiger partial charge in [0.05, 0.1) is 12.2 Å². The third-order valence-corrected chi connectivity index (χ3v) is 5.31. The molecule has 0 spiro atoms. The van der Waals surface area contributed by atoms with Crippen LogP contribution < -0.4 is 10.6 Å². The van der Waals surface area contributed by atoms with E-state index in [1.165, 1.54) is 25.7 Å². The van der Waals surface area contributed by atoms with Gasteiger partial charge in [-0.2, -0.15) is 0 Å². The number of nitrogens with one attached hydrogen (secondary N) is 2. The fourth-order valence-corrected chi connectivity index (χ4v) is 3.93. The maximum atomic E-state index is 12.2. The summed E-state index contributed by atoms with van der Waals surface area (Å²) in [5.41, 5.74) is 0.445.